The molecule has 35 heavy (non-hydrogen) atoms. The highest BCUT2D eigenvalue weighted by Gasteiger charge is 2.23. The number of carbonyl (C=O) groups excluding carboxylic acids is 1. The van der Waals surface area contributed by atoms with Crippen LogP contribution in [0, 0.1) is 5.41 Å². The van der Waals surface area contributed by atoms with Crippen LogP contribution in [0.25, 0.3) is 5.65 Å². The highest BCUT2D eigenvalue weighted by Crippen LogP contribution is 2.25. The quantitative estimate of drug-likeness (QED) is 0.302. The van der Waals surface area contributed by atoms with Crippen LogP contribution in [0.2, 0.25) is 0 Å². The number of nitrogens with two attached hydrogens (primary N) is 1. The molecule has 0 saturated carbocycles. The lowest BCUT2D eigenvalue weighted by atomic mass is 9.93. The van der Waals surface area contributed by atoms with E-state index in [4.69, 9.17) is 19.9 Å². The summed E-state index contributed by atoms with van der Waals surface area (Å²) >= 11 is 0. The Hall–Kier alpha value is -3.36. The number of fused-ring (bicyclic) bond motifs is 1. The van der Waals surface area contributed by atoms with Crippen LogP contribution in [-0.2, 0) is 6.54 Å². The number of ketones is 1. The number of Topliss-reactive ketones (excluding diaryl/α,β-unsaturated/α-hetero) is 1. The van der Waals surface area contributed by atoms with E-state index in [1.807, 2.05) is 13.0 Å². The minimum absolute atomic E-state index is 0.00780. The zero-order valence-corrected chi connectivity index (χ0v) is 21.7. The lowest BCUT2D eigenvalue weighted by molar-refractivity contribution is -0.714. The first-order valence-corrected chi connectivity index (χ1v) is 12.3. The number of carbonyl (C=O) groups is 1. The Morgan fingerprint density at radius 3 is 2.40 bits per heavy atom. The SMILES string of the molecule is CCOc1cc(OCCC(C)(C)C)cc(C(=O)C[n+]2nc(N)n3nc(OC(CC)CC)ccc32)c1. The number of anilines is 1. The molecule has 190 valence electrons. The van der Waals surface area contributed by atoms with Gasteiger partial charge in [-0.15, -0.1) is 4.68 Å². The zero-order chi connectivity index (χ0) is 25.6. The van der Waals surface area contributed by atoms with Crippen molar-refractivity contribution < 1.29 is 23.7 Å². The third kappa shape index (κ3) is 7.07. The number of benzene rings is 1. The molecule has 1 aromatic carbocycles. The van der Waals surface area contributed by atoms with Crippen molar-refractivity contribution in [2.24, 2.45) is 5.41 Å². The summed E-state index contributed by atoms with van der Waals surface area (Å²) in [7, 11) is 0. The largest absolute Gasteiger partial charge is 0.494 e. The summed E-state index contributed by atoms with van der Waals surface area (Å²) in [6.07, 6.45) is 2.73. The van der Waals surface area contributed by atoms with Crippen LogP contribution in [0.1, 0.15) is 71.2 Å². The topological polar surface area (TPSA) is 105 Å². The van der Waals surface area contributed by atoms with Gasteiger partial charge in [0, 0.05) is 23.8 Å². The molecule has 2 heterocycles. The molecule has 0 aliphatic rings. The second-order valence-electron chi connectivity index (χ2n) is 9.72. The van der Waals surface area contributed by atoms with Crippen molar-refractivity contribution in [2.45, 2.75) is 73.5 Å². The molecule has 2 N–H and O–H groups in total. The second-order valence-corrected chi connectivity index (χ2v) is 9.72. The number of ether oxygens (including phenoxy) is 3. The second kappa shape index (κ2) is 11.4. The third-order valence-corrected chi connectivity index (χ3v) is 5.62. The first kappa shape index (κ1) is 26.2. The Morgan fingerprint density at radius 1 is 1.09 bits per heavy atom. The maximum Gasteiger partial charge on any atom is 0.355 e. The fraction of sp³-hybridized carbons (Fsp3) is 0.538. The number of nitrogens with zero attached hydrogens (tertiary/aromatic N) is 4. The van der Waals surface area contributed by atoms with Crippen molar-refractivity contribution in [3.05, 3.63) is 35.9 Å². The standard InChI is InChI=1S/C26H38N5O4/c1-7-19(8-2)35-23-10-11-24-30(29-25(27)31(24)28-23)17-22(32)18-14-20(33-9-3)16-21(15-18)34-13-12-26(4,5)6/h10-11,14-16,19H,7-9,12-13,17H2,1-6H3,(H2,27,29)/q+1. The highest BCUT2D eigenvalue weighted by molar-refractivity contribution is 5.96. The Balaban J connectivity index is 1.82. The Labute approximate surface area is 207 Å². The monoisotopic (exact) mass is 484 g/mol. The van der Waals surface area contributed by atoms with Crippen molar-refractivity contribution >= 4 is 17.4 Å². The molecule has 0 spiro atoms. The van der Waals surface area contributed by atoms with Crippen LogP contribution in [0.5, 0.6) is 17.4 Å². The molecular weight excluding hydrogens is 446 g/mol. The maximum absolute atomic E-state index is 13.2. The minimum Gasteiger partial charge on any atom is -0.494 e. The summed E-state index contributed by atoms with van der Waals surface area (Å²) in [5, 5.41) is 8.78. The van der Waals surface area contributed by atoms with Gasteiger partial charge in [-0.25, -0.2) is 0 Å². The van der Waals surface area contributed by atoms with E-state index in [0.29, 0.717) is 41.8 Å². The number of aromatic nitrogens is 4. The summed E-state index contributed by atoms with van der Waals surface area (Å²) in [5.74, 6) is 1.70. The first-order chi connectivity index (χ1) is 16.6. The summed E-state index contributed by atoms with van der Waals surface area (Å²) in [6, 6.07) is 8.86. The van der Waals surface area contributed by atoms with Gasteiger partial charge in [-0.05, 0) is 53.9 Å². The molecule has 0 aliphatic carbocycles. The van der Waals surface area contributed by atoms with Gasteiger partial charge >= 0.3 is 11.6 Å². The minimum atomic E-state index is -0.144. The summed E-state index contributed by atoms with van der Waals surface area (Å²) in [4.78, 5) is 13.2. The molecule has 9 heteroatoms. The summed E-state index contributed by atoms with van der Waals surface area (Å²) in [5.41, 5.74) is 7.33. The average Bonchev–Trinajstić information content (AvgIpc) is 3.11. The molecule has 0 fully saturated rings. The van der Waals surface area contributed by atoms with Crippen molar-refractivity contribution in [3.63, 3.8) is 0 Å². The molecule has 0 unspecified atom stereocenters. The molecule has 0 bridgehead atoms. The van der Waals surface area contributed by atoms with Gasteiger partial charge in [0.05, 0.1) is 13.2 Å². The highest BCUT2D eigenvalue weighted by atomic mass is 16.5. The van der Waals surface area contributed by atoms with Crippen LogP contribution in [0.15, 0.2) is 30.3 Å². The normalized spacial score (nSPS) is 11.7. The predicted molar refractivity (Wildman–Crippen MR) is 134 cm³/mol. The maximum atomic E-state index is 13.2. The van der Waals surface area contributed by atoms with Gasteiger partial charge in [-0.2, -0.15) is 0 Å². The van der Waals surface area contributed by atoms with Crippen LogP contribution >= 0.6 is 0 Å². The molecule has 0 saturated heterocycles. The van der Waals surface area contributed by atoms with Crippen molar-refractivity contribution in [3.8, 4) is 17.4 Å². The molecule has 3 rings (SSSR count). The van der Waals surface area contributed by atoms with Gasteiger partial charge in [0.2, 0.25) is 5.78 Å². The van der Waals surface area contributed by atoms with E-state index >= 15 is 0 Å². The van der Waals surface area contributed by atoms with Crippen LogP contribution < -0.4 is 24.6 Å². The zero-order valence-electron chi connectivity index (χ0n) is 21.7. The van der Waals surface area contributed by atoms with Gasteiger partial charge in [0.25, 0.3) is 5.88 Å². The van der Waals surface area contributed by atoms with E-state index < -0.39 is 0 Å². The third-order valence-electron chi connectivity index (χ3n) is 5.62. The van der Waals surface area contributed by atoms with E-state index in [2.05, 4.69) is 44.8 Å². The van der Waals surface area contributed by atoms with Gasteiger partial charge in [-0.1, -0.05) is 39.1 Å². The van der Waals surface area contributed by atoms with E-state index in [1.165, 1.54) is 4.52 Å². The number of nitrogen functional groups attached to an aromatic ring is 1. The first-order valence-electron chi connectivity index (χ1n) is 12.3. The fourth-order valence-electron chi connectivity index (χ4n) is 3.55. The van der Waals surface area contributed by atoms with Crippen molar-refractivity contribution in [1.82, 2.24) is 14.7 Å². The molecule has 0 radical (unpaired) electrons. The van der Waals surface area contributed by atoms with Gasteiger partial charge in [-0.3, -0.25) is 4.79 Å². The Bertz CT molecular complexity index is 1150. The lowest BCUT2D eigenvalue weighted by Crippen LogP contribution is -2.40. The van der Waals surface area contributed by atoms with Gasteiger partial charge in [0.15, 0.2) is 6.54 Å². The molecule has 3 aromatic rings. The van der Waals surface area contributed by atoms with Crippen LogP contribution in [0.3, 0.4) is 0 Å². The Morgan fingerprint density at radius 2 is 1.77 bits per heavy atom. The van der Waals surface area contributed by atoms with Crippen molar-refractivity contribution in [2.75, 3.05) is 18.9 Å². The molecule has 0 aliphatic heterocycles. The van der Waals surface area contributed by atoms with Gasteiger partial charge < -0.3 is 19.9 Å². The number of hydrogen-bond donors (Lipinski definition) is 1. The fourth-order valence-corrected chi connectivity index (χ4v) is 3.55. The predicted octanol–water partition coefficient (Wildman–Crippen LogP) is 4.26. The molecule has 0 atom stereocenters. The van der Waals surface area contributed by atoms with Gasteiger partial charge in [0.1, 0.15) is 17.6 Å². The lowest BCUT2D eigenvalue weighted by Gasteiger charge is -2.18. The van der Waals surface area contributed by atoms with E-state index in [-0.39, 0.29) is 29.8 Å². The number of hydrogen-bond acceptors (Lipinski definition) is 7. The molecule has 9 nitrogen and oxygen atoms in total. The van der Waals surface area contributed by atoms with Crippen LogP contribution in [0.4, 0.5) is 5.95 Å². The van der Waals surface area contributed by atoms with E-state index in [9.17, 15) is 4.79 Å². The summed E-state index contributed by atoms with van der Waals surface area (Å²) < 4.78 is 20.6. The Kier molecular flexibility index (Phi) is 8.53. The van der Waals surface area contributed by atoms with Crippen LogP contribution in [-0.4, -0.2) is 39.8 Å². The summed E-state index contributed by atoms with van der Waals surface area (Å²) in [6.45, 7) is 13.6. The van der Waals surface area contributed by atoms with E-state index in [0.717, 1.165) is 19.3 Å². The number of rotatable bonds is 12. The van der Waals surface area contributed by atoms with E-state index in [1.54, 1.807) is 28.9 Å². The average molecular weight is 485 g/mol. The smallest absolute Gasteiger partial charge is 0.355 e. The van der Waals surface area contributed by atoms with Crippen molar-refractivity contribution in [1.29, 1.82) is 0 Å². The molecule has 2 aromatic heterocycles. The molecule has 0 amide bonds. The molecular formula is C26H38N5O4+.